The van der Waals surface area contributed by atoms with Crippen LogP contribution in [0.3, 0.4) is 0 Å². The van der Waals surface area contributed by atoms with Crippen LogP contribution in [-0.2, 0) is 14.4 Å². The summed E-state index contributed by atoms with van der Waals surface area (Å²) < 4.78 is 0. The highest BCUT2D eigenvalue weighted by atomic mass is 16.4. The fourth-order valence-corrected chi connectivity index (χ4v) is 3.14. The highest BCUT2D eigenvalue weighted by Gasteiger charge is 2.37. The van der Waals surface area contributed by atoms with Crippen molar-refractivity contribution < 1.29 is 19.5 Å². The normalized spacial score (nSPS) is 18.8. The first-order valence-electron chi connectivity index (χ1n) is 9.28. The molecule has 0 spiro atoms. The zero-order valence-corrected chi connectivity index (χ0v) is 16.1. The number of carboxylic acids is 1. The number of hydrogen-bond acceptors (Lipinski definition) is 5. The van der Waals surface area contributed by atoms with Crippen LogP contribution in [0, 0.1) is 5.92 Å². The van der Waals surface area contributed by atoms with E-state index in [4.69, 9.17) is 17.2 Å². The maximum absolute atomic E-state index is 12.9. The molecule has 154 valence electrons. The molecule has 0 aromatic rings. The Labute approximate surface area is 159 Å². The first-order valence-corrected chi connectivity index (χ1v) is 9.28. The average Bonchev–Trinajstić information content (AvgIpc) is 3.05. The summed E-state index contributed by atoms with van der Waals surface area (Å²) in [5.74, 6) is -1.68. The number of nitrogens with two attached hydrogens (primary N) is 3. The van der Waals surface area contributed by atoms with E-state index < -0.39 is 35.9 Å². The molecule has 0 radical (unpaired) electrons. The molecule has 0 aliphatic carbocycles. The number of rotatable bonds is 10. The highest BCUT2D eigenvalue weighted by molar-refractivity contribution is 5.92. The number of carbonyl (C=O) groups is 3. The van der Waals surface area contributed by atoms with Crippen molar-refractivity contribution in [2.45, 2.75) is 64.1 Å². The number of nitrogens with one attached hydrogen (secondary N) is 1. The van der Waals surface area contributed by atoms with Crippen molar-refractivity contribution in [2.75, 3.05) is 13.1 Å². The van der Waals surface area contributed by atoms with Crippen LogP contribution in [0.2, 0.25) is 0 Å². The SMILES string of the molecule is CC(C)CC(N)C(=O)NC(CCCN=C(N)N)C(=O)N1CCCC1C(=O)O. The Bertz CT molecular complexity index is 562. The van der Waals surface area contributed by atoms with Gasteiger partial charge in [0.1, 0.15) is 12.1 Å². The van der Waals surface area contributed by atoms with Gasteiger partial charge in [0.05, 0.1) is 6.04 Å². The summed E-state index contributed by atoms with van der Waals surface area (Å²) in [5, 5.41) is 12.0. The zero-order chi connectivity index (χ0) is 20.6. The van der Waals surface area contributed by atoms with Gasteiger partial charge in [-0.15, -0.1) is 0 Å². The van der Waals surface area contributed by atoms with Gasteiger partial charge in [-0.3, -0.25) is 14.6 Å². The van der Waals surface area contributed by atoms with E-state index in [1.54, 1.807) is 0 Å². The number of carbonyl (C=O) groups excluding carboxylic acids is 2. The van der Waals surface area contributed by atoms with Crippen molar-refractivity contribution in [3.8, 4) is 0 Å². The molecule has 1 rings (SSSR count). The molecule has 3 atom stereocenters. The standard InChI is InChI=1S/C17H32N6O4/c1-10(2)9-11(18)14(24)22-12(5-3-7-21-17(19)20)15(25)23-8-4-6-13(23)16(26)27/h10-13H,3-9,18H2,1-2H3,(H,22,24)(H,26,27)(H4,19,20,21). The lowest BCUT2D eigenvalue weighted by atomic mass is 10.0. The maximum atomic E-state index is 12.9. The molecule has 10 heteroatoms. The minimum atomic E-state index is -1.04. The molecular formula is C17H32N6O4. The van der Waals surface area contributed by atoms with E-state index in [0.29, 0.717) is 45.2 Å². The largest absolute Gasteiger partial charge is 0.480 e. The summed E-state index contributed by atoms with van der Waals surface area (Å²) in [6, 6.07) is -2.45. The van der Waals surface area contributed by atoms with Crippen LogP contribution in [0.25, 0.3) is 0 Å². The van der Waals surface area contributed by atoms with Crippen LogP contribution in [0.5, 0.6) is 0 Å². The van der Waals surface area contributed by atoms with Crippen LogP contribution in [0.15, 0.2) is 4.99 Å². The van der Waals surface area contributed by atoms with E-state index in [1.165, 1.54) is 4.90 Å². The molecule has 27 heavy (non-hydrogen) atoms. The minimum Gasteiger partial charge on any atom is -0.480 e. The number of aliphatic imine (C=N–C) groups is 1. The van der Waals surface area contributed by atoms with Gasteiger partial charge in [0.25, 0.3) is 0 Å². The number of hydrogen-bond donors (Lipinski definition) is 5. The molecule has 1 heterocycles. The molecule has 2 amide bonds. The van der Waals surface area contributed by atoms with Crippen LogP contribution >= 0.6 is 0 Å². The van der Waals surface area contributed by atoms with Gasteiger partial charge < -0.3 is 32.5 Å². The van der Waals surface area contributed by atoms with Gasteiger partial charge >= 0.3 is 5.97 Å². The Morgan fingerprint density at radius 1 is 1.30 bits per heavy atom. The second-order valence-corrected chi connectivity index (χ2v) is 7.27. The Balaban J connectivity index is 2.82. The van der Waals surface area contributed by atoms with Crippen LogP contribution in [0.4, 0.5) is 0 Å². The number of likely N-dealkylation sites (tertiary alicyclic amines) is 1. The van der Waals surface area contributed by atoms with Crippen molar-refractivity contribution in [3.05, 3.63) is 0 Å². The van der Waals surface area contributed by atoms with Crippen molar-refractivity contribution in [3.63, 3.8) is 0 Å². The Hall–Kier alpha value is -2.36. The third-order valence-electron chi connectivity index (χ3n) is 4.44. The maximum Gasteiger partial charge on any atom is 0.326 e. The van der Waals surface area contributed by atoms with E-state index in [0.717, 1.165) is 0 Å². The first kappa shape index (κ1) is 22.7. The van der Waals surface area contributed by atoms with Crippen molar-refractivity contribution >= 4 is 23.7 Å². The fourth-order valence-electron chi connectivity index (χ4n) is 3.14. The molecule has 1 aliphatic heterocycles. The highest BCUT2D eigenvalue weighted by Crippen LogP contribution is 2.19. The summed E-state index contributed by atoms with van der Waals surface area (Å²) >= 11 is 0. The lowest BCUT2D eigenvalue weighted by Gasteiger charge is -2.28. The predicted molar refractivity (Wildman–Crippen MR) is 102 cm³/mol. The summed E-state index contributed by atoms with van der Waals surface area (Å²) in [6.45, 7) is 4.57. The molecule has 0 saturated carbocycles. The first-order chi connectivity index (χ1) is 12.6. The van der Waals surface area contributed by atoms with Gasteiger partial charge in [-0.2, -0.15) is 0 Å². The molecule has 8 N–H and O–H groups in total. The third kappa shape index (κ3) is 7.41. The topological polar surface area (TPSA) is 177 Å². The molecule has 10 nitrogen and oxygen atoms in total. The fraction of sp³-hybridized carbons (Fsp3) is 0.765. The monoisotopic (exact) mass is 384 g/mol. The number of amides is 2. The number of guanidine groups is 1. The Morgan fingerprint density at radius 2 is 1.96 bits per heavy atom. The molecule has 1 saturated heterocycles. The molecule has 0 aromatic carbocycles. The van der Waals surface area contributed by atoms with Crippen molar-refractivity contribution in [2.24, 2.45) is 28.1 Å². The van der Waals surface area contributed by atoms with Crippen LogP contribution in [0.1, 0.15) is 46.0 Å². The van der Waals surface area contributed by atoms with Gasteiger partial charge in [-0.25, -0.2) is 4.79 Å². The van der Waals surface area contributed by atoms with E-state index in [9.17, 15) is 19.5 Å². The second-order valence-electron chi connectivity index (χ2n) is 7.27. The van der Waals surface area contributed by atoms with Crippen molar-refractivity contribution in [1.82, 2.24) is 10.2 Å². The van der Waals surface area contributed by atoms with E-state index >= 15 is 0 Å². The summed E-state index contributed by atoms with van der Waals surface area (Å²) in [6.07, 6.45) is 2.26. The van der Waals surface area contributed by atoms with Crippen LogP contribution in [-0.4, -0.2) is 65.0 Å². The van der Waals surface area contributed by atoms with Gasteiger partial charge in [0, 0.05) is 13.1 Å². The summed E-state index contributed by atoms with van der Waals surface area (Å²) in [7, 11) is 0. The summed E-state index contributed by atoms with van der Waals surface area (Å²) in [4.78, 5) is 41.8. The minimum absolute atomic E-state index is 0.0497. The quantitative estimate of drug-likeness (QED) is 0.182. The molecule has 0 bridgehead atoms. The smallest absolute Gasteiger partial charge is 0.326 e. The Morgan fingerprint density at radius 3 is 2.52 bits per heavy atom. The predicted octanol–water partition coefficient (Wildman–Crippen LogP) is -1.03. The van der Waals surface area contributed by atoms with Gasteiger partial charge in [-0.05, 0) is 38.0 Å². The van der Waals surface area contributed by atoms with Gasteiger partial charge in [-0.1, -0.05) is 13.8 Å². The molecule has 3 unspecified atom stereocenters. The lowest BCUT2D eigenvalue weighted by molar-refractivity contribution is -0.149. The molecule has 1 fully saturated rings. The second kappa shape index (κ2) is 10.7. The molecular weight excluding hydrogens is 352 g/mol. The van der Waals surface area contributed by atoms with Crippen molar-refractivity contribution in [1.29, 1.82) is 0 Å². The number of carboxylic acid groups (broad SMARTS) is 1. The van der Waals surface area contributed by atoms with E-state index in [1.807, 2.05) is 13.8 Å². The van der Waals surface area contributed by atoms with E-state index in [2.05, 4.69) is 10.3 Å². The van der Waals surface area contributed by atoms with E-state index in [-0.39, 0.29) is 11.9 Å². The van der Waals surface area contributed by atoms with Crippen LogP contribution < -0.4 is 22.5 Å². The molecule has 0 aromatic heterocycles. The van der Waals surface area contributed by atoms with Gasteiger partial charge in [0.2, 0.25) is 11.8 Å². The zero-order valence-electron chi connectivity index (χ0n) is 16.1. The number of aliphatic carboxylic acids is 1. The average molecular weight is 384 g/mol. The number of nitrogens with zero attached hydrogens (tertiary/aromatic N) is 2. The molecule has 1 aliphatic rings. The lowest BCUT2D eigenvalue weighted by Crippen LogP contribution is -2.54. The Kier molecular flexibility index (Phi) is 8.99. The van der Waals surface area contributed by atoms with Gasteiger partial charge in [0.15, 0.2) is 5.96 Å². The summed E-state index contributed by atoms with van der Waals surface area (Å²) in [5.41, 5.74) is 16.5. The third-order valence-corrected chi connectivity index (χ3v) is 4.44.